The van der Waals surface area contributed by atoms with Gasteiger partial charge in [0.1, 0.15) is 11.9 Å². The van der Waals surface area contributed by atoms with Crippen LogP contribution >= 0.6 is 0 Å². The second-order valence-electron chi connectivity index (χ2n) is 4.15. The molecule has 0 bridgehead atoms. The van der Waals surface area contributed by atoms with E-state index in [4.69, 9.17) is 11.0 Å². The van der Waals surface area contributed by atoms with Crippen LogP contribution in [-0.2, 0) is 0 Å². The van der Waals surface area contributed by atoms with Gasteiger partial charge in [-0.1, -0.05) is 5.21 Å². The molecule has 0 aliphatic carbocycles. The van der Waals surface area contributed by atoms with Crippen LogP contribution in [0.3, 0.4) is 0 Å². The van der Waals surface area contributed by atoms with Crippen molar-refractivity contribution in [1.82, 2.24) is 25.0 Å². The van der Waals surface area contributed by atoms with E-state index in [0.29, 0.717) is 11.2 Å². The van der Waals surface area contributed by atoms with Crippen LogP contribution in [0.2, 0.25) is 0 Å². The maximum Gasteiger partial charge on any atom is 0.207 e. The molecule has 0 amide bonds. The number of nitrogens with two attached hydrogens (primary N) is 1. The molecule has 0 aliphatic rings. The summed E-state index contributed by atoms with van der Waals surface area (Å²) in [6.45, 7) is 3.06. The second kappa shape index (κ2) is 4.05. The number of nitrogen functional groups attached to an aromatic ring is 1. The van der Waals surface area contributed by atoms with Gasteiger partial charge in [0.15, 0.2) is 11.3 Å². The number of allylic oxidation sites excluding steroid dienone is 1. The third-order valence-electron chi connectivity index (χ3n) is 2.33. The quantitative estimate of drug-likeness (QED) is 0.709. The Morgan fingerprint density at radius 1 is 1.56 bits per heavy atom. The number of rotatable bonds is 2. The third-order valence-corrected chi connectivity index (χ3v) is 2.33. The van der Waals surface area contributed by atoms with Crippen LogP contribution in [-0.4, -0.2) is 35.7 Å². The normalized spacial score (nSPS) is 12.7. The summed E-state index contributed by atoms with van der Waals surface area (Å²) in [6, 6.07) is 1.85. The summed E-state index contributed by atoms with van der Waals surface area (Å²) in [4.78, 5) is 7.75. The smallest absolute Gasteiger partial charge is 0.207 e. The molecule has 0 saturated carbocycles. The summed E-state index contributed by atoms with van der Waals surface area (Å²) < 4.78 is 1.27. The zero-order valence-electron chi connectivity index (χ0n) is 9.86. The van der Waals surface area contributed by atoms with Crippen molar-refractivity contribution in [2.45, 2.75) is 19.4 Å². The standard InChI is InChI=1S/C10H11N7O/c1-10(2,18)6(3-4-11)17-7-8(12)13-5-14-9(7)15-16-17/h3,5,18H,1-2H3,(H2,12,13,14)/b6-3-. The van der Waals surface area contributed by atoms with Gasteiger partial charge in [-0.2, -0.15) is 5.26 Å². The largest absolute Gasteiger partial charge is 0.384 e. The van der Waals surface area contributed by atoms with E-state index in [2.05, 4.69) is 20.3 Å². The number of nitriles is 1. The first-order valence-corrected chi connectivity index (χ1v) is 5.10. The average molecular weight is 245 g/mol. The minimum atomic E-state index is -1.28. The Morgan fingerprint density at radius 3 is 2.89 bits per heavy atom. The van der Waals surface area contributed by atoms with Gasteiger partial charge < -0.3 is 10.8 Å². The van der Waals surface area contributed by atoms with Crippen LogP contribution in [0.15, 0.2) is 12.4 Å². The van der Waals surface area contributed by atoms with Crippen molar-refractivity contribution in [3.05, 3.63) is 12.4 Å². The Morgan fingerprint density at radius 2 is 2.28 bits per heavy atom. The van der Waals surface area contributed by atoms with Crippen molar-refractivity contribution in [1.29, 1.82) is 5.26 Å². The number of fused-ring (bicyclic) bond motifs is 1. The number of nitrogens with zero attached hydrogens (tertiary/aromatic N) is 6. The molecule has 2 aromatic heterocycles. The predicted octanol–water partition coefficient (Wildman–Crippen LogP) is -0.0611. The number of aromatic nitrogens is 5. The summed E-state index contributed by atoms with van der Waals surface area (Å²) in [5.41, 5.74) is 5.36. The van der Waals surface area contributed by atoms with Crippen molar-refractivity contribution in [2.75, 3.05) is 5.73 Å². The first kappa shape index (κ1) is 11.9. The van der Waals surface area contributed by atoms with Gasteiger partial charge in [0, 0.05) is 6.08 Å². The van der Waals surface area contributed by atoms with Gasteiger partial charge in [-0.25, -0.2) is 14.6 Å². The minimum absolute atomic E-state index is 0.179. The van der Waals surface area contributed by atoms with Gasteiger partial charge in [0.25, 0.3) is 0 Å². The van der Waals surface area contributed by atoms with Crippen LogP contribution in [0.1, 0.15) is 13.8 Å². The maximum absolute atomic E-state index is 10.0. The summed E-state index contributed by atoms with van der Waals surface area (Å²) in [6.07, 6.45) is 2.45. The van der Waals surface area contributed by atoms with Gasteiger partial charge in [-0.3, -0.25) is 0 Å². The fraction of sp³-hybridized carbons (Fsp3) is 0.300. The van der Waals surface area contributed by atoms with Crippen LogP contribution in [0.5, 0.6) is 0 Å². The topological polar surface area (TPSA) is 127 Å². The summed E-state index contributed by atoms with van der Waals surface area (Å²) >= 11 is 0. The molecule has 0 spiro atoms. The molecule has 92 valence electrons. The molecule has 8 heteroatoms. The predicted molar refractivity (Wildman–Crippen MR) is 63.7 cm³/mol. The Bertz CT molecular complexity index is 659. The number of anilines is 1. The number of hydrogen-bond acceptors (Lipinski definition) is 7. The molecule has 0 saturated heterocycles. The first-order valence-electron chi connectivity index (χ1n) is 5.10. The van der Waals surface area contributed by atoms with E-state index in [-0.39, 0.29) is 11.5 Å². The van der Waals surface area contributed by atoms with E-state index in [9.17, 15) is 5.11 Å². The van der Waals surface area contributed by atoms with Crippen LogP contribution in [0, 0.1) is 11.3 Å². The molecule has 0 atom stereocenters. The summed E-state index contributed by atoms with van der Waals surface area (Å²) in [5.74, 6) is 0.179. The lowest BCUT2D eigenvalue weighted by atomic mass is 10.1. The third kappa shape index (κ3) is 1.87. The van der Waals surface area contributed by atoms with Gasteiger partial charge in [-0.05, 0) is 13.8 Å². The van der Waals surface area contributed by atoms with Gasteiger partial charge >= 0.3 is 0 Å². The summed E-state index contributed by atoms with van der Waals surface area (Å²) in [7, 11) is 0. The SMILES string of the molecule is CC(C)(O)/C(=C/C#N)n1nnc2ncnc(N)c21. The summed E-state index contributed by atoms with van der Waals surface area (Å²) in [5, 5.41) is 26.5. The molecule has 18 heavy (non-hydrogen) atoms. The van der Waals surface area contributed by atoms with E-state index >= 15 is 0 Å². The van der Waals surface area contributed by atoms with Crippen molar-refractivity contribution in [2.24, 2.45) is 0 Å². The molecule has 0 unspecified atom stereocenters. The number of hydrogen-bond donors (Lipinski definition) is 2. The Balaban J connectivity index is 2.75. The fourth-order valence-corrected chi connectivity index (χ4v) is 1.52. The number of aliphatic hydroxyl groups is 1. The van der Waals surface area contributed by atoms with Crippen molar-refractivity contribution in [3.8, 4) is 6.07 Å². The van der Waals surface area contributed by atoms with Crippen LogP contribution in [0.25, 0.3) is 16.9 Å². The lowest BCUT2D eigenvalue weighted by Gasteiger charge is -2.20. The fourth-order valence-electron chi connectivity index (χ4n) is 1.52. The van der Waals surface area contributed by atoms with E-state index in [1.165, 1.54) is 30.9 Å². The van der Waals surface area contributed by atoms with E-state index in [0.717, 1.165) is 0 Å². The second-order valence-corrected chi connectivity index (χ2v) is 4.15. The van der Waals surface area contributed by atoms with Gasteiger partial charge in [-0.15, -0.1) is 5.10 Å². The van der Waals surface area contributed by atoms with E-state index < -0.39 is 5.60 Å². The highest BCUT2D eigenvalue weighted by Gasteiger charge is 2.25. The molecule has 2 rings (SSSR count). The molecule has 8 nitrogen and oxygen atoms in total. The van der Waals surface area contributed by atoms with Crippen LogP contribution in [0.4, 0.5) is 5.82 Å². The van der Waals surface area contributed by atoms with E-state index in [1.54, 1.807) is 0 Å². The lowest BCUT2D eigenvalue weighted by molar-refractivity contribution is 0.136. The lowest BCUT2D eigenvalue weighted by Crippen LogP contribution is -2.25. The maximum atomic E-state index is 10.0. The molecule has 3 N–H and O–H groups in total. The Hall–Kier alpha value is -2.53. The molecule has 2 heterocycles. The molecule has 2 aromatic rings. The molecule has 0 radical (unpaired) electrons. The Labute approximate surface area is 102 Å². The molecule has 0 fully saturated rings. The first-order chi connectivity index (χ1) is 8.45. The van der Waals surface area contributed by atoms with Crippen molar-refractivity contribution >= 4 is 22.7 Å². The minimum Gasteiger partial charge on any atom is -0.384 e. The van der Waals surface area contributed by atoms with Crippen LogP contribution < -0.4 is 5.73 Å². The average Bonchev–Trinajstić information content (AvgIpc) is 2.69. The highest BCUT2D eigenvalue weighted by Crippen LogP contribution is 2.25. The zero-order chi connectivity index (χ0) is 13.3. The van der Waals surface area contributed by atoms with Crippen molar-refractivity contribution < 1.29 is 5.11 Å². The monoisotopic (exact) mass is 245 g/mol. The zero-order valence-corrected chi connectivity index (χ0v) is 9.86. The molecule has 0 aromatic carbocycles. The van der Waals surface area contributed by atoms with Gasteiger partial charge in [0.2, 0.25) is 5.65 Å². The molecule has 0 aliphatic heterocycles. The van der Waals surface area contributed by atoms with Crippen molar-refractivity contribution in [3.63, 3.8) is 0 Å². The highest BCUT2D eigenvalue weighted by molar-refractivity contribution is 5.84. The molecular weight excluding hydrogens is 234 g/mol. The highest BCUT2D eigenvalue weighted by atomic mass is 16.3. The van der Waals surface area contributed by atoms with E-state index in [1.807, 2.05) is 6.07 Å². The van der Waals surface area contributed by atoms with Gasteiger partial charge in [0.05, 0.1) is 11.8 Å². The Kier molecular flexibility index (Phi) is 2.68. The molecular formula is C10H11N7O.